The van der Waals surface area contributed by atoms with Crippen LogP contribution in [0.4, 0.5) is 5.69 Å². The standard InChI is InChI=1S/C28H40N3O.ClH/c1-7-20-30(27(32)24(4)25-16-12-10-13-17-25)31(9-3,21-8-2)23-28(5,6)22-29-26-18-14-11-15-19-26;/h7-8,10-19,24,29H,1-2,9,20-23H2,3-6H3;1H/q+1;/p-1. The summed E-state index contributed by atoms with van der Waals surface area (Å²) in [6, 6.07) is 20.3. The molecule has 0 aliphatic carbocycles. The predicted octanol–water partition coefficient (Wildman–Crippen LogP) is 2.88. The van der Waals surface area contributed by atoms with E-state index in [0.717, 1.165) is 30.9 Å². The normalized spacial score (nSPS) is 13.7. The van der Waals surface area contributed by atoms with E-state index < -0.39 is 0 Å². The highest BCUT2D eigenvalue weighted by molar-refractivity contribution is 5.82. The summed E-state index contributed by atoms with van der Waals surface area (Å²) in [5.41, 5.74) is 2.07. The van der Waals surface area contributed by atoms with Crippen molar-refractivity contribution < 1.29 is 21.8 Å². The van der Waals surface area contributed by atoms with Crippen molar-refractivity contribution in [3.8, 4) is 0 Å². The van der Waals surface area contributed by atoms with E-state index >= 15 is 0 Å². The van der Waals surface area contributed by atoms with Crippen LogP contribution in [0.1, 0.15) is 39.2 Å². The van der Waals surface area contributed by atoms with Gasteiger partial charge in [-0.2, -0.15) is 5.01 Å². The maximum absolute atomic E-state index is 13.8. The highest BCUT2D eigenvalue weighted by Gasteiger charge is 2.42. The Morgan fingerprint density at radius 1 is 1.06 bits per heavy atom. The van der Waals surface area contributed by atoms with Gasteiger partial charge in [-0.05, 0) is 37.6 Å². The Hall–Kier alpha value is -2.56. The molecule has 2 unspecified atom stereocenters. The van der Waals surface area contributed by atoms with Crippen molar-refractivity contribution in [3.05, 3.63) is 91.5 Å². The minimum atomic E-state index is -0.226. The third-order valence-corrected chi connectivity index (χ3v) is 6.06. The first kappa shape index (κ1) is 28.5. The lowest BCUT2D eigenvalue weighted by molar-refractivity contribution is -1.02. The molecule has 0 spiro atoms. The van der Waals surface area contributed by atoms with Crippen LogP contribution in [-0.4, -0.2) is 48.2 Å². The van der Waals surface area contributed by atoms with Gasteiger partial charge in [0.05, 0.1) is 19.0 Å². The Morgan fingerprint density at radius 2 is 1.64 bits per heavy atom. The summed E-state index contributed by atoms with van der Waals surface area (Å²) < 4.78 is 0.523. The average Bonchev–Trinajstić information content (AvgIpc) is 2.81. The monoisotopic (exact) mass is 469 g/mol. The zero-order valence-electron chi connectivity index (χ0n) is 20.6. The highest BCUT2D eigenvalue weighted by Crippen LogP contribution is 2.29. The molecule has 1 amide bonds. The number of benzene rings is 2. The number of rotatable bonds is 13. The largest absolute Gasteiger partial charge is 1.00 e. The Kier molecular flexibility index (Phi) is 11.4. The first-order valence-electron chi connectivity index (χ1n) is 11.5. The fraction of sp³-hybridized carbons (Fsp3) is 0.393. The molecule has 180 valence electrons. The fourth-order valence-electron chi connectivity index (χ4n) is 4.35. The van der Waals surface area contributed by atoms with Gasteiger partial charge in [0.1, 0.15) is 13.1 Å². The molecule has 0 heterocycles. The second-order valence-electron chi connectivity index (χ2n) is 9.27. The molecule has 2 aromatic rings. The van der Waals surface area contributed by atoms with Crippen molar-refractivity contribution in [2.45, 2.75) is 33.6 Å². The molecular weight excluding hydrogens is 430 g/mol. The first-order chi connectivity index (χ1) is 15.3. The van der Waals surface area contributed by atoms with Gasteiger partial charge in [0.25, 0.3) is 5.91 Å². The number of likely N-dealkylation sites (N-methyl/N-ethyl adjacent to an activating group) is 1. The van der Waals surface area contributed by atoms with Gasteiger partial charge in [-0.1, -0.05) is 75.0 Å². The Labute approximate surface area is 207 Å². The molecule has 0 radical (unpaired) electrons. The number of quaternary nitrogens is 1. The molecule has 33 heavy (non-hydrogen) atoms. The molecule has 0 saturated carbocycles. The minimum absolute atomic E-state index is 0. The number of hydrogen-bond donors (Lipinski definition) is 1. The summed E-state index contributed by atoms with van der Waals surface area (Å²) in [4.78, 5) is 13.8. The number of anilines is 1. The lowest BCUT2D eigenvalue weighted by atomic mass is 9.91. The average molecular weight is 470 g/mol. The zero-order valence-corrected chi connectivity index (χ0v) is 21.4. The van der Waals surface area contributed by atoms with Crippen molar-refractivity contribution in [3.63, 3.8) is 0 Å². The highest BCUT2D eigenvalue weighted by atomic mass is 35.5. The van der Waals surface area contributed by atoms with Crippen LogP contribution in [0.2, 0.25) is 0 Å². The molecule has 2 rings (SSSR count). The van der Waals surface area contributed by atoms with Crippen LogP contribution < -0.4 is 17.7 Å². The van der Waals surface area contributed by atoms with Gasteiger partial charge >= 0.3 is 0 Å². The van der Waals surface area contributed by atoms with Crippen molar-refractivity contribution in [1.82, 2.24) is 5.01 Å². The SMILES string of the molecule is C=CCN(C(=O)C(C)c1ccccc1)[N+](CC)(CC=C)CC(C)(C)CNc1ccccc1.[Cl-]. The van der Waals surface area contributed by atoms with Gasteiger partial charge in [0, 0.05) is 17.6 Å². The van der Waals surface area contributed by atoms with E-state index in [1.807, 2.05) is 72.6 Å². The number of nitrogens with one attached hydrogen (secondary N) is 1. The van der Waals surface area contributed by atoms with Gasteiger partial charge in [0.15, 0.2) is 0 Å². The summed E-state index contributed by atoms with van der Waals surface area (Å²) in [6.07, 6.45) is 3.76. The molecule has 0 aliphatic rings. The Balaban J connectivity index is 0.00000544. The molecule has 5 heteroatoms. The van der Waals surface area contributed by atoms with Crippen LogP contribution >= 0.6 is 0 Å². The lowest BCUT2D eigenvalue weighted by Crippen LogP contribution is -3.00. The quantitative estimate of drug-likeness (QED) is 0.278. The summed E-state index contributed by atoms with van der Waals surface area (Å²) >= 11 is 0. The van der Waals surface area contributed by atoms with Crippen LogP contribution in [-0.2, 0) is 4.79 Å². The van der Waals surface area contributed by atoms with Gasteiger partial charge in [-0.25, -0.2) is 4.59 Å². The summed E-state index contributed by atoms with van der Waals surface area (Å²) in [6.45, 7) is 20.2. The molecule has 4 nitrogen and oxygen atoms in total. The number of hydrogen-bond acceptors (Lipinski definition) is 2. The van der Waals surface area contributed by atoms with Crippen molar-refractivity contribution in [2.75, 3.05) is 38.0 Å². The first-order valence-corrected chi connectivity index (χ1v) is 11.5. The van der Waals surface area contributed by atoms with Crippen molar-refractivity contribution >= 4 is 11.6 Å². The molecule has 1 N–H and O–H groups in total. The van der Waals surface area contributed by atoms with Crippen molar-refractivity contribution in [1.29, 1.82) is 0 Å². The Bertz CT molecular complexity index is 869. The second-order valence-corrected chi connectivity index (χ2v) is 9.27. The summed E-state index contributed by atoms with van der Waals surface area (Å²) in [7, 11) is 0. The molecule has 2 atom stereocenters. The maximum Gasteiger partial charge on any atom is 0.275 e. The van der Waals surface area contributed by atoms with E-state index in [4.69, 9.17) is 0 Å². The van der Waals surface area contributed by atoms with E-state index in [2.05, 4.69) is 51.4 Å². The summed E-state index contributed by atoms with van der Waals surface area (Å²) in [5.74, 6) is -0.109. The van der Waals surface area contributed by atoms with E-state index in [1.165, 1.54) is 0 Å². The topological polar surface area (TPSA) is 32.3 Å². The molecule has 2 aromatic carbocycles. The molecule has 0 saturated heterocycles. The number of nitrogens with zero attached hydrogens (tertiary/aromatic N) is 2. The minimum Gasteiger partial charge on any atom is -1.00 e. The number of para-hydroxylation sites is 1. The van der Waals surface area contributed by atoms with Crippen LogP contribution in [0.15, 0.2) is 86.0 Å². The van der Waals surface area contributed by atoms with Crippen LogP contribution in [0.3, 0.4) is 0 Å². The van der Waals surface area contributed by atoms with E-state index in [0.29, 0.717) is 17.7 Å². The van der Waals surface area contributed by atoms with E-state index in [9.17, 15) is 4.79 Å². The van der Waals surface area contributed by atoms with Gasteiger partial charge in [0.2, 0.25) is 0 Å². The molecular formula is C28H40ClN3O. The van der Waals surface area contributed by atoms with E-state index in [-0.39, 0.29) is 29.6 Å². The third kappa shape index (κ3) is 7.76. The number of amides is 1. The maximum atomic E-state index is 13.8. The number of halogens is 1. The fourth-order valence-corrected chi connectivity index (χ4v) is 4.35. The van der Waals surface area contributed by atoms with Crippen LogP contribution in [0.25, 0.3) is 0 Å². The van der Waals surface area contributed by atoms with Crippen LogP contribution in [0.5, 0.6) is 0 Å². The molecule has 0 aliphatic heterocycles. The lowest BCUT2D eigenvalue weighted by Gasteiger charge is -2.48. The molecule has 0 bridgehead atoms. The van der Waals surface area contributed by atoms with Gasteiger partial charge < -0.3 is 17.7 Å². The molecule has 0 fully saturated rings. The number of carbonyl (C=O) groups is 1. The third-order valence-electron chi connectivity index (χ3n) is 6.06. The van der Waals surface area contributed by atoms with Crippen molar-refractivity contribution in [2.24, 2.45) is 5.41 Å². The molecule has 0 aromatic heterocycles. The van der Waals surface area contributed by atoms with E-state index in [1.54, 1.807) is 0 Å². The van der Waals surface area contributed by atoms with Crippen LogP contribution in [0, 0.1) is 5.41 Å². The number of carbonyl (C=O) groups excluding carboxylic acids is 1. The zero-order chi connectivity index (χ0) is 23.6. The predicted molar refractivity (Wildman–Crippen MR) is 136 cm³/mol. The van der Waals surface area contributed by atoms with Gasteiger partial charge in [-0.3, -0.25) is 4.79 Å². The second kappa shape index (κ2) is 13.2. The van der Waals surface area contributed by atoms with Gasteiger partial charge in [-0.15, -0.1) is 6.58 Å². The summed E-state index contributed by atoms with van der Waals surface area (Å²) in [5, 5.41) is 5.56. The Morgan fingerprint density at radius 3 is 2.15 bits per heavy atom. The smallest absolute Gasteiger partial charge is 0.275 e.